The van der Waals surface area contributed by atoms with Crippen molar-refractivity contribution in [2.75, 3.05) is 5.32 Å². The van der Waals surface area contributed by atoms with Crippen LogP contribution in [0.3, 0.4) is 0 Å². The van der Waals surface area contributed by atoms with Crippen LogP contribution >= 0.6 is 11.6 Å². The minimum Gasteiger partial charge on any atom is -0.327 e. The number of aryl methyl sites for hydroxylation is 1. The second kappa shape index (κ2) is 7.55. The minimum absolute atomic E-state index is 0.0486. The first-order chi connectivity index (χ1) is 13.1. The molecule has 2 heterocycles. The predicted octanol–water partition coefficient (Wildman–Crippen LogP) is 3.66. The molecule has 4 rings (SSSR count). The first kappa shape index (κ1) is 17.8. The second-order valence-electron chi connectivity index (χ2n) is 6.97. The van der Waals surface area contributed by atoms with Gasteiger partial charge in [-0.3, -0.25) is 9.48 Å². The average Bonchev–Trinajstić information content (AvgIpc) is 3.26. The Kier molecular flexibility index (Phi) is 4.97. The first-order valence-electron chi connectivity index (χ1n) is 9.02. The van der Waals surface area contributed by atoms with Gasteiger partial charge < -0.3 is 11.1 Å². The molecule has 5 nitrogen and oxygen atoms in total. The molecule has 138 valence electrons. The van der Waals surface area contributed by atoms with Crippen LogP contribution in [0.25, 0.3) is 11.1 Å². The number of anilines is 1. The SMILES string of the molecule is NC(CCn1cc(-c2ccc3c(c2)CC(=O)N3)cn1)Cc1ccc(Cl)cc1. The van der Waals surface area contributed by atoms with Crippen molar-refractivity contribution in [2.24, 2.45) is 5.73 Å². The lowest BCUT2D eigenvalue weighted by atomic mass is 10.0. The van der Waals surface area contributed by atoms with Crippen molar-refractivity contribution in [1.82, 2.24) is 9.78 Å². The lowest BCUT2D eigenvalue weighted by molar-refractivity contribution is -0.115. The Morgan fingerprint density at radius 3 is 2.81 bits per heavy atom. The number of carbonyl (C=O) groups excluding carboxylic acids is 1. The smallest absolute Gasteiger partial charge is 0.228 e. The summed E-state index contributed by atoms with van der Waals surface area (Å²) in [6.07, 6.45) is 5.98. The van der Waals surface area contributed by atoms with E-state index in [1.54, 1.807) is 0 Å². The van der Waals surface area contributed by atoms with E-state index >= 15 is 0 Å². The maximum absolute atomic E-state index is 11.5. The van der Waals surface area contributed by atoms with Gasteiger partial charge >= 0.3 is 0 Å². The van der Waals surface area contributed by atoms with Gasteiger partial charge in [-0.05, 0) is 53.8 Å². The van der Waals surface area contributed by atoms with Crippen LogP contribution < -0.4 is 11.1 Å². The van der Waals surface area contributed by atoms with Gasteiger partial charge in [-0.1, -0.05) is 29.8 Å². The van der Waals surface area contributed by atoms with Crippen LogP contribution in [-0.4, -0.2) is 21.7 Å². The number of hydrogen-bond donors (Lipinski definition) is 2. The maximum atomic E-state index is 11.5. The van der Waals surface area contributed by atoms with E-state index in [-0.39, 0.29) is 11.9 Å². The van der Waals surface area contributed by atoms with Crippen molar-refractivity contribution < 1.29 is 4.79 Å². The van der Waals surface area contributed by atoms with E-state index in [4.69, 9.17) is 17.3 Å². The number of nitrogens with zero attached hydrogens (tertiary/aromatic N) is 2. The van der Waals surface area contributed by atoms with Crippen LogP contribution in [0.5, 0.6) is 0 Å². The highest BCUT2D eigenvalue weighted by Crippen LogP contribution is 2.28. The second-order valence-corrected chi connectivity index (χ2v) is 7.40. The molecule has 1 aromatic heterocycles. The Hall–Kier alpha value is -2.63. The summed E-state index contributed by atoms with van der Waals surface area (Å²) < 4.78 is 1.92. The van der Waals surface area contributed by atoms with Crippen LogP contribution in [0, 0.1) is 0 Å². The Morgan fingerprint density at radius 2 is 2.00 bits per heavy atom. The van der Waals surface area contributed by atoms with Gasteiger partial charge in [0.2, 0.25) is 5.91 Å². The van der Waals surface area contributed by atoms with E-state index in [2.05, 4.69) is 16.5 Å². The van der Waals surface area contributed by atoms with Gasteiger partial charge in [-0.25, -0.2) is 0 Å². The standard InChI is InChI=1S/C21H21ClN4O/c22-18-4-1-14(2-5-18)9-19(23)7-8-26-13-17(12-24-26)15-3-6-20-16(10-15)11-21(27)25-20/h1-6,10,12-13,19H,7-9,11,23H2,(H,25,27). The zero-order valence-corrected chi connectivity index (χ0v) is 15.6. The fourth-order valence-electron chi connectivity index (χ4n) is 3.37. The van der Waals surface area contributed by atoms with Gasteiger partial charge in [0.05, 0.1) is 12.6 Å². The molecular formula is C21H21ClN4O. The minimum atomic E-state index is 0.0486. The summed E-state index contributed by atoms with van der Waals surface area (Å²) in [5.74, 6) is 0.0486. The molecular weight excluding hydrogens is 360 g/mol. The number of halogens is 1. The highest BCUT2D eigenvalue weighted by molar-refractivity contribution is 6.30. The molecule has 27 heavy (non-hydrogen) atoms. The summed E-state index contributed by atoms with van der Waals surface area (Å²) in [6, 6.07) is 13.9. The van der Waals surface area contributed by atoms with Crippen LogP contribution in [0.2, 0.25) is 5.02 Å². The van der Waals surface area contributed by atoms with Crippen LogP contribution in [0.1, 0.15) is 17.5 Å². The van der Waals surface area contributed by atoms with E-state index in [9.17, 15) is 4.79 Å². The van der Waals surface area contributed by atoms with Crippen molar-refractivity contribution in [2.45, 2.75) is 31.8 Å². The molecule has 1 unspecified atom stereocenters. The van der Waals surface area contributed by atoms with Crippen LogP contribution in [-0.2, 0) is 24.2 Å². The molecule has 0 bridgehead atoms. The summed E-state index contributed by atoms with van der Waals surface area (Å²) in [4.78, 5) is 11.5. The fourth-order valence-corrected chi connectivity index (χ4v) is 3.49. The lowest BCUT2D eigenvalue weighted by Crippen LogP contribution is -2.24. The molecule has 1 aliphatic heterocycles. The number of amides is 1. The number of carbonyl (C=O) groups is 1. The quantitative estimate of drug-likeness (QED) is 0.685. The third kappa shape index (κ3) is 4.21. The monoisotopic (exact) mass is 380 g/mol. The molecule has 1 aliphatic rings. The molecule has 1 atom stereocenters. The molecule has 1 amide bonds. The molecule has 2 aromatic carbocycles. The Balaban J connectivity index is 1.36. The number of fused-ring (bicyclic) bond motifs is 1. The van der Waals surface area contributed by atoms with Gasteiger partial charge in [-0.2, -0.15) is 5.10 Å². The van der Waals surface area contributed by atoms with Crippen molar-refractivity contribution in [3.63, 3.8) is 0 Å². The van der Waals surface area contributed by atoms with E-state index in [1.165, 1.54) is 5.56 Å². The van der Waals surface area contributed by atoms with Crippen LogP contribution in [0.15, 0.2) is 54.9 Å². The van der Waals surface area contributed by atoms with Gasteiger partial charge in [0, 0.05) is 35.1 Å². The maximum Gasteiger partial charge on any atom is 0.228 e. The Labute approximate surface area is 163 Å². The molecule has 0 spiro atoms. The molecule has 3 N–H and O–H groups in total. The number of rotatable bonds is 6. The first-order valence-corrected chi connectivity index (χ1v) is 9.40. The van der Waals surface area contributed by atoms with E-state index in [0.717, 1.165) is 46.8 Å². The highest BCUT2D eigenvalue weighted by atomic mass is 35.5. The van der Waals surface area contributed by atoms with Crippen molar-refractivity contribution in [3.05, 3.63) is 71.0 Å². The van der Waals surface area contributed by atoms with Gasteiger partial charge in [0.15, 0.2) is 0 Å². The van der Waals surface area contributed by atoms with Crippen LogP contribution in [0.4, 0.5) is 5.69 Å². The topological polar surface area (TPSA) is 72.9 Å². The number of nitrogens with two attached hydrogens (primary N) is 1. The number of nitrogens with one attached hydrogen (secondary N) is 1. The van der Waals surface area contributed by atoms with E-state index in [1.807, 2.05) is 53.5 Å². The highest BCUT2D eigenvalue weighted by Gasteiger charge is 2.18. The Bertz CT molecular complexity index is 965. The van der Waals surface area contributed by atoms with Crippen molar-refractivity contribution in [3.8, 4) is 11.1 Å². The zero-order valence-electron chi connectivity index (χ0n) is 14.9. The zero-order chi connectivity index (χ0) is 18.8. The Morgan fingerprint density at radius 1 is 1.19 bits per heavy atom. The largest absolute Gasteiger partial charge is 0.327 e. The summed E-state index contributed by atoms with van der Waals surface area (Å²) in [5.41, 5.74) is 11.5. The average molecular weight is 381 g/mol. The van der Waals surface area contributed by atoms with Gasteiger partial charge in [-0.15, -0.1) is 0 Å². The van der Waals surface area contributed by atoms with Gasteiger partial charge in [0.25, 0.3) is 0 Å². The van der Waals surface area contributed by atoms with Crippen molar-refractivity contribution >= 4 is 23.2 Å². The van der Waals surface area contributed by atoms with Gasteiger partial charge in [0.1, 0.15) is 0 Å². The summed E-state index contributed by atoms with van der Waals surface area (Å²) in [7, 11) is 0. The van der Waals surface area contributed by atoms with Crippen molar-refractivity contribution in [1.29, 1.82) is 0 Å². The molecule has 0 radical (unpaired) electrons. The summed E-state index contributed by atoms with van der Waals surface area (Å²) in [5, 5.41) is 8.05. The third-order valence-corrected chi connectivity index (χ3v) is 5.09. The van der Waals surface area contributed by atoms with E-state index in [0.29, 0.717) is 6.42 Å². The third-order valence-electron chi connectivity index (χ3n) is 4.84. The predicted molar refractivity (Wildman–Crippen MR) is 108 cm³/mol. The summed E-state index contributed by atoms with van der Waals surface area (Å²) >= 11 is 5.92. The molecule has 3 aromatic rings. The van der Waals surface area contributed by atoms with E-state index < -0.39 is 0 Å². The molecule has 0 saturated heterocycles. The molecule has 6 heteroatoms. The summed E-state index contributed by atoms with van der Waals surface area (Å²) in [6.45, 7) is 0.764. The lowest BCUT2D eigenvalue weighted by Gasteiger charge is -2.11. The normalized spacial score (nSPS) is 14.1. The molecule has 0 aliphatic carbocycles. The molecule has 0 fully saturated rings. The number of aromatic nitrogens is 2. The number of benzene rings is 2. The number of hydrogen-bond acceptors (Lipinski definition) is 3. The fraction of sp³-hybridized carbons (Fsp3) is 0.238. The molecule has 0 saturated carbocycles.